The Labute approximate surface area is 175 Å². The molecule has 3 aromatic rings. The molecule has 3 rings (SSSR count). The van der Waals surface area contributed by atoms with Gasteiger partial charge in [0, 0.05) is 0 Å². The summed E-state index contributed by atoms with van der Waals surface area (Å²) in [5.74, 6) is -1.33. The molecule has 0 aliphatic carbocycles. The van der Waals surface area contributed by atoms with Gasteiger partial charge in [0.05, 0.1) is 34.1 Å². The highest BCUT2D eigenvalue weighted by Crippen LogP contribution is 2.27. The number of aromatic carboxylic acids is 1. The van der Waals surface area contributed by atoms with E-state index in [0.717, 1.165) is 5.56 Å². The number of H-pyrrole nitrogens is 1. The van der Waals surface area contributed by atoms with Gasteiger partial charge in [0.1, 0.15) is 5.75 Å². The molecule has 0 aliphatic rings. The zero-order valence-electron chi connectivity index (χ0n) is 15.2. The molecule has 0 radical (unpaired) electrons. The van der Waals surface area contributed by atoms with Gasteiger partial charge in [-0.1, -0.05) is 34.5 Å². The number of methoxy groups -OCH3 is 1. The van der Waals surface area contributed by atoms with E-state index in [4.69, 9.17) is 33.0 Å². The minimum atomic E-state index is -1.12. The molecule has 3 N–H and O–H groups in total. The molecule has 29 heavy (non-hydrogen) atoms. The fourth-order valence-electron chi connectivity index (χ4n) is 2.69. The number of carboxylic acids is 1. The number of rotatable bonds is 7. The molecule has 0 spiro atoms. The third-order valence-electron chi connectivity index (χ3n) is 4.18. The number of nitrogens with zero attached hydrogens (tertiary/aromatic N) is 2. The summed E-state index contributed by atoms with van der Waals surface area (Å²) in [4.78, 5) is 23.9. The summed E-state index contributed by atoms with van der Waals surface area (Å²) >= 11 is 11.9. The van der Waals surface area contributed by atoms with Gasteiger partial charge in [0.25, 0.3) is 5.91 Å². The Morgan fingerprint density at radius 1 is 1.14 bits per heavy atom. The number of hydrogen-bond donors (Lipinski definition) is 3. The second kappa shape index (κ2) is 8.93. The van der Waals surface area contributed by atoms with Crippen LogP contribution in [-0.2, 0) is 12.8 Å². The van der Waals surface area contributed by atoms with Crippen molar-refractivity contribution in [1.82, 2.24) is 15.4 Å². The molecule has 10 heteroatoms. The minimum Gasteiger partial charge on any atom is -0.495 e. The van der Waals surface area contributed by atoms with Crippen molar-refractivity contribution in [2.75, 3.05) is 12.4 Å². The molecule has 1 amide bonds. The number of carbonyl (C=O) groups excluding carboxylic acids is 1. The molecule has 0 unspecified atom stereocenters. The van der Waals surface area contributed by atoms with E-state index in [1.165, 1.54) is 25.3 Å². The Bertz CT molecular complexity index is 1070. The predicted molar refractivity (Wildman–Crippen MR) is 108 cm³/mol. The second-order valence-corrected chi connectivity index (χ2v) is 6.88. The molecular formula is C19H16Cl2N4O4. The summed E-state index contributed by atoms with van der Waals surface area (Å²) in [5.41, 5.74) is 1.81. The van der Waals surface area contributed by atoms with Gasteiger partial charge in [0.2, 0.25) is 0 Å². The van der Waals surface area contributed by atoms with Crippen molar-refractivity contribution < 1.29 is 19.4 Å². The molecule has 8 nitrogen and oxygen atoms in total. The van der Waals surface area contributed by atoms with Gasteiger partial charge in [-0.15, -0.1) is 5.10 Å². The van der Waals surface area contributed by atoms with Crippen molar-refractivity contribution in [3.8, 4) is 5.75 Å². The lowest BCUT2D eigenvalue weighted by atomic mass is 10.1. The number of aromatic nitrogens is 3. The van der Waals surface area contributed by atoms with E-state index in [1.54, 1.807) is 12.1 Å². The van der Waals surface area contributed by atoms with Crippen molar-refractivity contribution >= 4 is 40.8 Å². The SMILES string of the molecule is COc1ccc(C(=O)O)cc1NC(=O)c1nn[nH]c1CCc1ccc(Cl)c(Cl)c1. The van der Waals surface area contributed by atoms with Gasteiger partial charge < -0.3 is 15.2 Å². The van der Waals surface area contributed by atoms with Crippen LogP contribution < -0.4 is 10.1 Å². The first-order valence-corrected chi connectivity index (χ1v) is 9.21. The number of amides is 1. The lowest BCUT2D eigenvalue weighted by molar-refractivity contribution is 0.0696. The molecule has 0 aliphatic heterocycles. The number of nitrogens with one attached hydrogen (secondary N) is 2. The van der Waals surface area contributed by atoms with Crippen LogP contribution in [-0.4, -0.2) is 39.5 Å². The minimum absolute atomic E-state index is 0.0149. The summed E-state index contributed by atoms with van der Waals surface area (Å²) in [6.07, 6.45) is 1.04. The molecule has 0 saturated carbocycles. The highest BCUT2D eigenvalue weighted by atomic mass is 35.5. The van der Waals surface area contributed by atoms with Crippen LogP contribution in [0.25, 0.3) is 0 Å². The van der Waals surface area contributed by atoms with Gasteiger partial charge in [-0.3, -0.25) is 9.89 Å². The van der Waals surface area contributed by atoms with Gasteiger partial charge in [-0.2, -0.15) is 0 Å². The first kappa shape index (κ1) is 20.6. The number of halogens is 2. The van der Waals surface area contributed by atoms with Crippen LogP contribution in [0.2, 0.25) is 10.0 Å². The third-order valence-corrected chi connectivity index (χ3v) is 4.92. The fraction of sp³-hybridized carbons (Fsp3) is 0.158. The molecular weight excluding hydrogens is 419 g/mol. The monoisotopic (exact) mass is 434 g/mol. The van der Waals surface area contributed by atoms with Crippen molar-refractivity contribution in [2.24, 2.45) is 0 Å². The van der Waals surface area contributed by atoms with Crippen LogP contribution in [0.3, 0.4) is 0 Å². The Balaban J connectivity index is 1.76. The van der Waals surface area contributed by atoms with Gasteiger partial charge in [-0.05, 0) is 48.7 Å². The normalized spacial score (nSPS) is 10.6. The number of aryl methyl sites for hydroxylation is 2. The lowest BCUT2D eigenvalue weighted by Crippen LogP contribution is -2.16. The summed E-state index contributed by atoms with van der Waals surface area (Å²) in [6.45, 7) is 0. The smallest absolute Gasteiger partial charge is 0.335 e. The van der Waals surface area contributed by atoms with Crippen molar-refractivity contribution in [3.05, 3.63) is 69.0 Å². The van der Waals surface area contributed by atoms with Gasteiger partial charge in [-0.25, -0.2) is 4.79 Å². The number of anilines is 1. The first-order valence-electron chi connectivity index (χ1n) is 8.45. The Morgan fingerprint density at radius 3 is 2.62 bits per heavy atom. The first-order chi connectivity index (χ1) is 13.9. The van der Waals surface area contributed by atoms with E-state index in [9.17, 15) is 9.59 Å². The summed E-state index contributed by atoms with van der Waals surface area (Å²) in [5, 5.41) is 23.0. The number of carboxylic acid groups (broad SMARTS) is 1. The molecule has 150 valence electrons. The molecule has 1 aromatic heterocycles. The molecule has 0 saturated heterocycles. The molecule has 0 bridgehead atoms. The molecule has 0 fully saturated rings. The van der Waals surface area contributed by atoms with Crippen molar-refractivity contribution in [3.63, 3.8) is 0 Å². The number of benzene rings is 2. The van der Waals surface area contributed by atoms with Crippen LogP contribution in [0.4, 0.5) is 5.69 Å². The van der Waals surface area contributed by atoms with E-state index in [-0.39, 0.29) is 16.9 Å². The van der Waals surface area contributed by atoms with Gasteiger partial charge >= 0.3 is 5.97 Å². The van der Waals surface area contributed by atoms with Crippen LogP contribution in [0.5, 0.6) is 5.75 Å². The largest absolute Gasteiger partial charge is 0.495 e. The summed E-state index contributed by atoms with van der Waals surface area (Å²) in [7, 11) is 1.42. The maximum Gasteiger partial charge on any atom is 0.335 e. The maximum atomic E-state index is 12.7. The Hall–Kier alpha value is -3.10. The quantitative estimate of drug-likeness (QED) is 0.519. The fourth-order valence-corrected chi connectivity index (χ4v) is 3.01. The number of ether oxygens (including phenoxy) is 1. The number of aromatic amines is 1. The lowest BCUT2D eigenvalue weighted by Gasteiger charge is -2.10. The average molecular weight is 435 g/mol. The van der Waals surface area contributed by atoms with E-state index in [2.05, 4.69) is 20.7 Å². The second-order valence-electron chi connectivity index (χ2n) is 6.06. The van der Waals surface area contributed by atoms with Crippen LogP contribution in [0, 0.1) is 0 Å². The Kier molecular flexibility index (Phi) is 6.36. The zero-order chi connectivity index (χ0) is 21.0. The van der Waals surface area contributed by atoms with E-state index >= 15 is 0 Å². The van der Waals surface area contributed by atoms with Crippen LogP contribution >= 0.6 is 23.2 Å². The van der Waals surface area contributed by atoms with Crippen molar-refractivity contribution in [1.29, 1.82) is 0 Å². The van der Waals surface area contributed by atoms with Gasteiger partial charge in [0.15, 0.2) is 5.69 Å². The Morgan fingerprint density at radius 2 is 1.93 bits per heavy atom. The van der Waals surface area contributed by atoms with E-state index in [1.807, 2.05) is 6.07 Å². The van der Waals surface area contributed by atoms with E-state index in [0.29, 0.717) is 34.3 Å². The molecule has 2 aromatic carbocycles. The van der Waals surface area contributed by atoms with Crippen LogP contribution in [0.1, 0.15) is 32.1 Å². The average Bonchev–Trinajstić information content (AvgIpc) is 3.17. The zero-order valence-corrected chi connectivity index (χ0v) is 16.7. The molecule has 1 heterocycles. The predicted octanol–water partition coefficient (Wildman–Crippen LogP) is 3.86. The van der Waals surface area contributed by atoms with Crippen molar-refractivity contribution in [2.45, 2.75) is 12.8 Å². The standard InChI is InChI=1S/C19H16Cl2N4O4/c1-29-16-7-4-11(19(27)28)9-15(16)22-18(26)17-14(23-25-24-17)6-3-10-2-5-12(20)13(21)8-10/h2,4-5,7-9H,3,6H2,1H3,(H,22,26)(H,27,28)(H,23,24,25). The highest BCUT2D eigenvalue weighted by molar-refractivity contribution is 6.42. The highest BCUT2D eigenvalue weighted by Gasteiger charge is 2.19. The summed E-state index contributed by atoms with van der Waals surface area (Å²) < 4.78 is 5.18. The topological polar surface area (TPSA) is 117 Å². The molecule has 0 atom stereocenters. The maximum absolute atomic E-state index is 12.7. The summed E-state index contributed by atoms with van der Waals surface area (Å²) in [6, 6.07) is 9.48. The number of carbonyl (C=O) groups is 2. The van der Waals surface area contributed by atoms with E-state index < -0.39 is 11.9 Å². The third kappa shape index (κ3) is 4.85. The number of hydrogen-bond acceptors (Lipinski definition) is 5. The van der Waals surface area contributed by atoms with Crippen LogP contribution in [0.15, 0.2) is 36.4 Å².